The fourth-order valence-corrected chi connectivity index (χ4v) is 5.33. The first-order valence-electron chi connectivity index (χ1n) is 10.6. The van der Waals surface area contributed by atoms with Crippen molar-refractivity contribution in [2.75, 3.05) is 18.4 Å². The summed E-state index contributed by atoms with van der Waals surface area (Å²) in [6.45, 7) is 0.814. The predicted octanol–water partition coefficient (Wildman–Crippen LogP) is 4.10. The summed E-state index contributed by atoms with van der Waals surface area (Å²) in [7, 11) is -3.80. The second kappa shape index (κ2) is 9.55. The van der Waals surface area contributed by atoms with Crippen LogP contribution in [0.2, 0.25) is 0 Å². The molecule has 0 spiro atoms. The van der Waals surface area contributed by atoms with Crippen LogP contribution in [-0.4, -0.2) is 46.5 Å². The molecule has 2 heterocycles. The molecule has 0 unspecified atom stereocenters. The van der Waals surface area contributed by atoms with Gasteiger partial charge in [-0.25, -0.2) is 18.1 Å². The molecule has 1 N–H and O–H groups in total. The maximum atomic E-state index is 13.3. The number of nitrogens with zero attached hydrogens (tertiary/aromatic N) is 4. The van der Waals surface area contributed by atoms with Crippen LogP contribution >= 0.6 is 0 Å². The van der Waals surface area contributed by atoms with Gasteiger partial charge in [0.15, 0.2) is 0 Å². The third-order valence-electron chi connectivity index (χ3n) is 5.54. The molecule has 0 bridgehead atoms. The molecule has 1 aliphatic heterocycles. The van der Waals surface area contributed by atoms with Gasteiger partial charge >= 0.3 is 6.18 Å². The highest BCUT2D eigenvalue weighted by Crippen LogP contribution is 2.33. The first-order chi connectivity index (χ1) is 16.2. The van der Waals surface area contributed by atoms with Crippen molar-refractivity contribution in [2.24, 2.45) is 0 Å². The molecule has 0 radical (unpaired) electrons. The average Bonchev–Trinajstić information content (AvgIpc) is 3.19. The number of rotatable bonds is 5. The molecule has 4 rings (SSSR count). The monoisotopic (exact) mass is 493 g/mol. The van der Waals surface area contributed by atoms with Crippen molar-refractivity contribution in [1.82, 2.24) is 19.1 Å². The molecular formula is C22H22F3N5O3S. The average molecular weight is 494 g/mol. The minimum atomic E-state index is -4.62. The van der Waals surface area contributed by atoms with E-state index in [9.17, 15) is 26.4 Å². The first kappa shape index (κ1) is 23.9. The Labute approximate surface area is 194 Å². The van der Waals surface area contributed by atoms with Crippen molar-refractivity contribution >= 4 is 21.6 Å². The molecule has 0 saturated carbocycles. The summed E-state index contributed by atoms with van der Waals surface area (Å²) in [6, 6.07) is 8.32. The fraction of sp³-hybridized carbons (Fsp3) is 0.318. The van der Waals surface area contributed by atoms with Gasteiger partial charge in [-0.2, -0.15) is 22.6 Å². The number of amides is 1. The fourth-order valence-electron chi connectivity index (χ4n) is 3.77. The highest BCUT2D eigenvalue weighted by molar-refractivity contribution is 7.89. The maximum absolute atomic E-state index is 13.3. The number of halogens is 3. The zero-order valence-corrected chi connectivity index (χ0v) is 18.8. The van der Waals surface area contributed by atoms with Gasteiger partial charge in [-0.1, -0.05) is 18.9 Å². The highest BCUT2D eigenvalue weighted by atomic mass is 32.2. The van der Waals surface area contributed by atoms with E-state index in [1.807, 2.05) is 0 Å². The van der Waals surface area contributed by atoms with Gasteiger partial charge in [0.05, 0.1) is 21.8 Å². The summed E-state index contributed by atoms with van der Waals surface area (Å²) in [5.74, 6) is -0.756. The van der Waals surface area contributed by atoms with Crippen LogP contribution in [0, 0.1) is 0 Å². The zero-order valence-electron chi connectivity index (χ0n) is 18.0. The van der Waals surface area contributed by atoms with Crippen LogP contribution in [-0.2, 0) is 16.2 Å². The van der Waals surface area contributed by atoms with E-state index in [0.29, 0.717) is 13.1 Å². The summed E-state index contributed by atoms with van der Waals surface area (Å²) in [5, 5.41) is 6.37. The number of aromatic nitrogens is 3. The van der Waals surface area contributed by atoms with Gasteiger partial charge in [0.25, 0.3) is 5.91 Å². The summed E-state index contributed by atoms with van der Waals surface area (Å²) in [6.07, 6.45) is 1.31. The molecule has 180 valence electrons. The van der Waals surface area contributed by atoms with Gasteiger partial charge in [0.1, 0.15) is 12.7 Å². The smallest absolute Gasteiger partial charge is 0.320 e. The standard InChI is InChI=1S/C22H22F3N5O3S/c23-22(24,25)17-8-9-20(30-15-26-14-27-30)19(13-17)28-21(31)16-6-5-7-18(12-16)34(32,33)29-10-3-1-2-4-11-29/h5-9,12-15H,1-4,10-11H2,(H,28,31). The Bertz CT molecular complexity index is 1270. The Morgan fingerprint density at radius 2 is 1.74 bits per heavy atom. The number of alkyl halides is 3. The van der Waals surface area contributed by atoms with Crippen molar-refractivity contribution in [1.29, 1.82) is 0 Å². The number of anilines is 1. The topological polar surface area (TPSA) is 97.2 Å². The van der Waals surface area contributed by atoms with Crippen molar-refractivity contribution in [3.05, 3.63) is 66.2 Å². The second-order valence-corrected chi connectivity index (χ2v) is 9.81. The number of carbonyl (C=O) groups is 1. The normalized spacial score (nSPS) is 15.6. The molecular weight excluding hydrogens is 471 g/mol. The summed E-state index contributed by atoms with van der Waals surface area (Å²) < 4.78 is 68.6. The third kappa shape index (κ3) is 5.12. The number of benzene rings is 2. The van der Waals surface area contributed by atoms with E-state index in [-0.39, 0.29) is 21.8 Å². The molecule has 3 aromatic rings. The highest BCUT2D eigenvalue weighted by Gasteiger charge is 2.32. The molecule has 12 heteroatoms. The Morgan fingerprint density at radius 3 is 2.38 bits per heavy atom. The van der Waals surface area contributed by atoms with E-state index in [4.69, 9.17) is 0 Å². The van der Waals surface area contributed by atoms with Crippen molar-refractivity contribution < 1.29 is 26.4 Å². The van der Waals surface area contributed by atoms with E-state index < -0.39 is 27.7 Å². The predicted molar refractivity (Wildman–Crippen MR) is 118 cm³/mol. The molecule has 1 aromatic heterocycles. The van der Waals surface area contributed by atoms with E-state index in [2.05, 4.69) is 15.4 Å². The minimum Gasteiger partial charge on any atom is -0.320 e. The maximum Gasteiger partial charge on any atom is 0.416 e. The summed E-state index contributed by atoms with van der Waals surface area (Å²) in [5.41, 5.74) is -0.930. The molecule has 2 aromatic carbocycles. The van der Waals surface area contributed by atoms with Crippen molar-refractivity contribution in [3.63, 3.8) is 0 Å². The largest absolute Gasteiger partial charge is 0.416 e. The molecule has 1 amide bonds. The van der Waals surface area contributed by atoms with Crippen LogP contribution in [0.5, 0.6) is 0 Å². The number of hydrogen-bond donors (Lipinski definition) is 1. The Morgan fingerprint density at radius 1 is 1.00 bits per heavy atom. The molecule has 0 aliphatic carbocycles. The van der Waals surface area contributed by atoms with Crippen LogP contribution in [0.3, 0.4) is 0 Å². The Hall–Kier alpha value is -3.25. The second-order valence-electron chi connectivity index (χ2n) is 7.87. The Balaban J connectivity index is 1.65. The lowest BCUT2D eigenvalue weighted by atomic mass is 10.1. The SMILES string of the molecule is O=C(Nc1cc(C(F)(F)F)ccc1-n1cncn1)c1cccc(S(=O)(=O)N2CCCCCC2)c1. The molecule has 1 fully saturated rings. The lowest BCUT2D eigenvalue weighted by Gasteiger charge is -2.20. The van der Waals surface area contributed by atoms with Crippen LogP contribution in [0.1, 0.15) is 41.6 Å². The Kier molecular flexibility index (Phi) is 6.71. The van der Waals surface area contributed by atoms with Gasteiger partial charge in [-0.05, 0) is 49.2 Å². The third-order valence-corrected chi connectivity index (χ3v) is 7.43. The van der Waals surface area contributed by atoms with Crippen LogP contribution < -0.4 is 5.32 Å². The lowest BCUT2D eigenvalue weighted by Crippen LogP contribution is -2.32. The molecule has 1 saturated heterocycles. The van der Waals surface area contributed by atoms with Crippen molar-refractivity contribution in [2.45, 2.75) is 36.8 Å². The molecule has 8 nitrogen and oxygen atoms in total. The number of hydrogen-bond acceptors (Lipinski definition) is 5. The van der Waals surface area contributed by atoms with Gasteiger partial charge < -0.3 is 5.32 Å². The minimum absolute atomic E-state index is 0.00199. The van der Waals surface area contributed by atoms with Gasteiger partial charge in [0, 0.05) is 18.7 Å². The lowest BCUT2D eigenvalue weighted by molar-refractivity contribution is -0.137. The van der Waals surface area contributed by atoms with Crippen LogP contribution in [0.25, 0.3) is 5.69 Å². The van der Waals surface area contributed by atoms with Gasteiger partial charge in [-0.3, -0.25) is 4.79 Å². The van der Waals surface area contributed by atoms with E-state index in [1.54, 1.807) is 0 Å². The van der Waals surface area contributed by atoms with E-state index in [0.717, 1.165) is 37.8 Å². The molecule has 1 aliphatic rings. The van der Waals surface area contributed by atoms with Gasteiger partial charge in [-0.15, -0.1) is 0 Å². The zero-order chi connectivity index (χ0) is 24.3. The summed E-state index contributed by atoms with van der Waals surface area (Å²) >= 11 is 0. The first-order valence-corrected chi connectivity index (χ1v) is 12.1. The number of nitrogens with one attached hydrogen (secondary N) is 1. The number of carbonyl (C=O) groups excluding carboxylic acids is 1. The van der Waals surface area contributed by atoms with Crippen LogP contribution in [0.4, 0.5) is 18.9 Å². The number of sulfonamides is 1. The molecule has 34 heavy (non-hydrogen) atoms. The van der Waals surface area contributed by atoms with Crippen LogP contribution in [0.15, 0.2) is 60.0 Å². The van der Waals surface area contributed by atoms with E-state index >= 15 is 0 Å². The van der Waals surface area contributed by atoms with Crippen molar-refractivity contribution in [3.8, 4) is 5.69 Å². The summed E-state index contributed by atoms with van der Waals surface area (Å²) in [4.78, 5) is 16.7. The quantitative estimate of drug-likeness (QED) is 0.577. The van der Waals surface area contributed by atoms with Gasteiger partial charge in [0.2, 0.25) is 10.0 Å². The van der Waals surface area contributed by atoms with E-state index in [1.165, 1.54) is 52.0 Å². The molecule has 0 atom stereocenters.